The predicted molar refractivity (Wildman–Crippen MR) is 115 cm³/mol. The van der Waals surface area contributed by atoms with Gasteiger partial charge in [-0.3, -0.25) is 9.78 Å². The summed E-state index contributed by atoms with van der Waals surface area (Å²) in [6, 6.07) is 17.3. The molecule has 0 unspecified atom stereocenters. The van der Waals surface area contributed by atoms with Gasteiger partial charge in [-0.25, -0.2) is 0 Å². The van der Waals surface area contributed by atoms with Crippen LogP contribution in [0.1, 0.15) is 22.3 Å². The molecule has 3 rings (SSSR count). The quantitative estimate of drug-likeness (QED) is 0.565. The van der Waals surface area contributed by atoms with E-state index in [1.54, 1.807) is 25.6 Å². The highest BCUT2D eigenvalue weighted by Gasteiger charge is 2.02. The van der Waals surface area contributed by atoms with Gasteiger partial charge in [-0.05, 0) is 65.6 Å². The van der Waals surface area contributed by atoms with Crippen molar-refractivity contribution < 1.29 is 14.3 Å². The number of anilines is 1. The SMILES string of the molecule is COc1ccc(COCc2cccc(NC(=O)/C=C/c3cnccc3C)c2)cc1. The molecule has 1 N–H and O–H groups in total. The van der Waals surface area contributed by atoms with Gasteiger partial charge in [0.15, 0.2) is 0 Å². The van der Waals surface area contributed by atoms with E-state index in [2.05, 4.69) is 10.3 Å². The fourth-order valence-electron chi connectivity index (χ4n) is 2.75. The maximum absolute atomic E-state index is 12.2. The molecule has 0 spiro atoms. The van der Waals surface area contributed by atoms with Crippen molar-refractivity contribution in [3.63, 3.8) is 0 Å². The lowest BCUT2D eigenvalue weighted by molar-refractivity contribution is -0.111. The van der Waals surface area contributed by atoms with Crippen LogP contribution in [0.15, 0.2) is 73.1 Å². The van der Waals surface area contributed by atoms with E-state index in [-0.39, 0.29) is 5.91 Å². The summed E-state index contributed by atoms with van der Waals surface area (Å²) in [5.74, 6) is 0.634. The molecule has 5 heteroatoms. The lowest BCUT2D eigenvalue weighted by atomic mass is 10.1. The van der Waals surface area contributed by atoms with Gasteiger partial charge in [0, 0.05) is 24.2 Å². The molecule has 5 nitrogen and oxygen atoms in total. The number of methoxy groups -OCH3 is 1. The van der Waals surface area contributed by atoms with Crippen LogP contribution in [-0.2, 0) is 22.7 Å². The van der Waals surface area contributed by atoms with Crippen molar-refractivity contribution in [1.29, 1.82) is 0 Å². The molecule has 0 aliphatic carbocycles. The van der Waals surface area contributed by atoms with Gasteiger partial charge in [-0.15, -0.1) is 0 Å². The molecule has 0 saturated heterocycles. The van der Waals surface area contributed by atoms with E-state index in [1.165, 1.54) is 6.08 Å². The van der Waals surface area contributed by atoms with Crippen LogP contribution in [0.4, 0.5) is 5.69 Å². The molecule has 1 amide bonds. The van der Waals surface area contributed by atoms with E-state index in [4.69, 9.17) is 9.47 Å². The number of aromatic nitrogens is 1. The van der Waals surface area contributed by atoms with Crippen molar-refractivity contribution in [2.75, 3.05) is 12.4 Å². The van der Waals surface area contributed by atoms with Crippen molar-refractivity contribution in [1.82, 2.24) is 4.98 Å². The summed E-state index contributed by atoms with van der Waals surface area (Å²) in [5, 5.41) is 2.88. The first kappa shape index (κ1) is 20.3. The minimum atomic E-state index is -0.190. The average Bonchev–Trinajstić information content (AvgIpc) is 2.74. The molecule has 3 aromatic rings. The summed E-state index contributed by atoms with van der Waals surface area (Å²) < 4.78 is 10.9. The smallest absolute Gasteiger partial charge is 0.248 e. The maximum Gasteiger partial charge on any atom is 0.248 e. The molecule has 0 aliphatic heterocycles. The normalized spacial score (nSPS) is 10.8. The Morgan fingerprint density at radius 3 is 2.62 bits per heavy atom. The molecule has 0 bridgehead atoms. The molecular weight excluding hydrogens is 364 g/mol. The molecule has 1 heterocycles. The van der Waals surface area contributed by atoms with E-state index >= 15 is 0 Å². The fourth-order valence-corrected chi connectivity index (χ4v) is 2.75. The van der Waals surface area contributed by atoms with Crippen molar-refractivity contribution in [2.45, 2.75) is 20.1 Å². The maximum atomic E-state index is 12.2. The Kier molecular flexibility index (Phi) is 7.14. The van der Waals surface area contributed by atoms with Crippen molar-refractivity contribution in [3.8, 4) is 5.75 Å². The minimum absolute atomic E-state index is 0.190. The molecule has 0 aliphatic rings. The van der Waals surface area contributed by atoms with Crippen molar-refractivity contribution in [3.05, 3.63) is 95.3 Å². The number of aryl methyl sites for hydroxylation is 1. The average molecular weight is 388 g/mol. The first-order chi connectivity index (χ1) is 14.1. The number of rotatable bonds is 8. The second-order valence-corrected chi connectivity index (χ2v) is 6.60. The predicted octanol–water partition coefficient (Wildman–Crippen LogP) is 4.77. The number of benzene rings is 2. The van der Waals surface area contributed by atoms with E-state index in [9.17, 15) is 4.79 Å². The van der Waals surface area contributed by atoms with Crippen LogP contribution in [0.2, 0.25) is 0 Å². The summed E-state index contributed by atoms with van der Waals surface area (Å²) in [7, 11) is 1.65. The van der Waals surface area contributed by atoms with Gasteiger partial charge in [-0.2, -0.15) is 0 Å². The molecule has 0 atom stereocenters. The summed E-state index contributed by atoms with van der Waals surface area (Å²) in [4.78, 5) is 16.3. The Bertz CT molecular complexity index is 981. The summed E-state index contributed by atoms with van der Waals surface area (Å²) in [6.07, 6.45) is 6.74. The van der Waals surface area contributed by atoms with Gasteiger partial charge in [0.1, 0.15) is 5.75 Å². The number of hydrogen-bond donors (Lipinski definition) is 1. The third kappa shape index (κ3) is 6.30. The fraction of sp³-hybridized carbons (Fsp3) is 0.167. The Balaban J connectivity index is 1.52. The summed E-state index contributed by atoms with van der Waals surface area (Å²) in [5.41, 5.74) is 4.78. The standard InChI is InChI=1S/C24H24N2O3/c1-18-12-13-25-15-21(18)8-11-24(27)26-22-5-3-4-20(14-22)17-29-16-19-6-9-23(28-2)10-7-19/h3-15H,16-17H2,1-2H3,(H,26,27)/b11-8+. The van der Waals surface area contributed by atoms with Crippen LogP contribution in [0, 0.1) is 6.92 Å². The molecule has 0 saturated carbocycles. The highest BCUT2D eigenvalue weighted by atomic mass is 16.5. The number of nitrogens with one attached hydrogen (secondary N) is 1. The van der Waals surface area contributed by atoms with Crippen LogP contribution in [0.3, 0.4) is 0 Å². The molecule has 29 heavy (non-hydrogen) atoms. The second kappa shape index (κ2) is 10.2. The molecule has 148 valence electrons. The zero-order valence-corrected chi connectivity index (χ0v) is 16.6. The van der Waals surface area contributed by atoms with Crippen LogP contribution < -0.4 is 10.1 Å². The first-order valence-corrected chi connectivity index (χ1v) is 9.33. The second-order valence-electron chi connectivity index (χ2n) is 6.60. The number of pyridine rings is 1. The molecular formula is C24H24N2O3. The molecule has 0 fully saturated rings. The van der Waals surface area contributed by atoms with Crippen LogP contribution in [0.5, 0.6) is 5.75 Å². The van der Waals surface area contributed by atoms with Crippen molar-refractivity contribution >= 4 is 17.7 Å². The Hall–Kier alpha value is -3.44. The lowest BCUT2D eigenvalue weighted by Gasteiger charge is -2.08. The van der Waals surface area contributed by atoms with Crippen molar-refractivity contribution in [2.24, 2.45) is 0 Å². The van der Waals surface area contributed by atoms with Gasteiger partial charge in [0.25, 0.3) is 0 Å². The largest absolute Gasteiger partial charge is 0.497 e. The highest BCUT2D eigenvalue weighted by Crippen LogP contribution is 2.15. The Morgan fingerprint density at radius 2 is 1.86 bits per heavy atom. The van der Waals surface area contributed by atoms with Gasteiger partial charge in [0.2, 0.25) is 5.91 Å². The van der Waals surface area contributed by atoms with E-state index in [0.29, 0.717) is 13.2 Å². The van der Waals surface area contributed by atoms with Crippen LogP contribution in [0.25, 0.3) is 6.08 Å². The molecule has 1 aromatic heterocycles. The molecule has 2 aromatic carbocycles. The van der Waals surface area contributed by atoms with Gasteiger partial charge >= 0.3 is 0 Å². The summed E-state index contributed by atoms with van der Waals surface area (Å²) in [6.45, 7) is 2.95. The molecule has 0 radical (unpaired) electrons. The first-order valence-electron chi connectivity index (χ1n) is 9.33. The third-order valence-electron chi connectivity index (χ3n) is 4.38. The Labute approximate surface area is 171 Å². The Morgan fingerprint density at radius 1 is 1.07 bits per heavy atom. The van der Waals surface area contributed by atoms with Gasteiger partial charge in [-0.1, -0.05) is 24.3 Å². The number of amides is 1. The topological polar surface area (TPSA) is 60.5 Å². The van der Waals surface area contributed by atoms with Gasteiger partial charge in [0.05, 0.1) is 20.3 Å². The summed E-state index contributed by atoms with van der Waals surface area (Å²) >= 11 is 0. The third-order valence-corrected chi connectivity index (χ3v) is 4.38. The van der Waals surface area contributed by atoms with Gasteiger partial charge < -0.3 is 14.8 Å². The van der Waals surface area contributed by atoms with E-state index in [0.717, 1.165) is 33.7 Å². The lowest BCUT2D eigenvalue weighted by Crippen LogP contribution is -2.08. The van der Waals surface area contributed by atoms with E-state index < -0.39 is 0 Å². The van der Waals surface area contributed by atoms with Crippen LogP contribution in [-0.4, -0.2) is 18.0 Å². The highest BCUT2D eigenvalue weighted by molar-refractivity contribution is 6.02. The minimum Gasteiger partial charge on any atom is -0.497 e. The van der Waals surface area contributed by atoms with E-state index in [1.807, 2.05) is 61.5 Å². The number of nitrogens with zero attached hydrogens (tertiary/aromatic N) is 1. The zero-order valence-electron chi connectivity index (χ0n) is 16.6. The van der Waals surface area contributed by atoms with Crippen LogP contribution >= 0.6 is 0 Å². The monoisotopic (exact) mass is 388 g/mol. The number of ether oxygens (including phenoxy) is 2. The number of carbonyl (C=O) groups excluding carboxylic acids is 1. The zero-order chi connectivity index (χ0) is 20.5. The number of hydrogen-bond acceptors (Lipinski definition) is 4. The number of carbonyl (C=O) groups is 1.